The third kappa shape index (κ3) is 8.69. The van der Waals surface area contributed by atoms with Gasteiger partial charge in [0.05, 0.1) is 8.07 Å². The Bertz CT molecular complexity index is 91.6. The molecule has 0 heterocycles. The largest absolute Gasteiger partial charge is 0.0989 e. The van der Waals surface area contributed by atoms with Crippen molar-refractivity contribution < 1.29 is 0 Å². The molecule has 9 heavy (non-hydrogen) atoms. The zero-order valence-corrected chi connectivity index (χ0v) is 9.60. The summed E-state index contributed by atoms with van der Waals surface area (Å²) >= 11 is 2.40. The van der Waals surface area contributed by atoms with Gasteiger partial charge in [-0.2, -0.15) is 0 Å². The topological polar surface area (TPSA) is 0 Å². The van der Waals surface area contributed by atoms with Gasteiger partial charge >= 0.3 is 0 Å². The second-order valence-corrected chi connectivity index (χ2v) is 9.39. The molecule has 0 saturated carbocycles. The van der Waals surface area contributed by atoms with Crippen molar-refractivity contribution in [3.63, 3.8) is 0 Å². The zero-order valence-electron chi connectivity index (χ0n) is 6.45. The summed E-state index contributed by atoms with van der Waals surface area (Å²) in [6.45, 7) is 7.07. The lowest BCUT2D eigenvalue weighted by Gasteiger charge is -2.07. The standard InChI is InChI=1S/C7H15ISi/c1-9(2,3)7-5-4-6-8/h5,7H,4,6H2,1-3H3/b7-5+. The number of alkyl halides is 1. The second kappa shape index (κ2) is 4.49. The third-order valence-electron chi connectivity index (χ3n) is 0.894. The van der Waals surface area contributed by atoms with Gasteiger partial charge < -0.3 is 0 Å². The first-order valence-corrected chi connectivity index (χ1v) is 8.40. The lowest BCUT2D eigenvalue weighted by molar-refractivity contribution is 1.28. The SMILES string of the molecule is C[Si](C)(C)/C=C/CCI. The van der Waals surface area contributed by atoms with E-state index in [1.807, 2.05) is 0 Å². The second-order valence-electron chi connectivity index (χ2n) is 3.25. The summed E-state index contributed by atoms with van der Waals surface area (Å²) < 4.78 is 1.25. The van der Waals surface area contributed by atoms with Crippen molar-refractivity contribution in [1.29, 1.82) is 0 Å². The zero-order chi connectivity index (χ0) is 7.33. The highest BCUT2D eigenvalue weighted by atomic mass is 127. The van der Waals surface area contributed by atoms with E-state index in [1.54, 1.807) is 0 Å². The van der Waals surface area contributed by atoms with Gasteiger partial charge in [-0.1, -0.05) is 54.0 Å². The van der Waals surface area contributed by atoms with E-state index < -0.39 is 8.07 Å². The minimum absolute atomic E-state index is 0.878. The lowest BCUT2D eigenvalue weighted by Crippen LogP contribution is -2.15. The highest BCUT2D eigenvalue weighted by Crippen LogP contribution is 2.02. The molecule has 0 aromatic heterocycles. The van der Waals surface area contributed by atoms with E-state index in [0.29, 0.717) is 0 Å². The van der Waals surface area contributed by atoms with Crippen molar-refractivity contribution in [3.8, 4) is 0 Å². The lowest BCUT2D eigenvalue weighted by atomic mass is 10.5. The van der Waals surface area contributed by atoms with Gasteiger partial charge in [0.1, 0.15) is 0 Å². The van der Waals surface area contributed by atoms with Gasteiger partial charge in [0.2, 0.25) is 0 Å². The van der Waals surface area contributed by atoms with Gasteiger partial charge in [0.25, 0.3) is 0 Å². The van der Waals surface area contributed by atoms with Crippen LogP contribution in [-0.2, 0) is 0 Å². The summed E-state index contributed by atoms with van der Waals surface area (Å²) in [6.07, 6.45) is 3.56. The van der Waals surface area contributed by atoms with E-state index in [0.717, 1.165) is 0 Å². The van der Waals surface area contributed by atoms with E-state index in [-0.39, 0.29) is 0 Å². The van der Waals surface area contributed by atoms with Crippen LogP contribution in [0.3, 0.4) is 0 Å². The molecule has 0 aliphatic carbocycles. The Morgan fingerprint density at radius 3 is 2.22 bits per heavy atom. The summed E-state index contributed by atoms with van der Waals surface area (Å²) in [4.78, 5) is 0. The molecule has 0 aliphatic rings. The third-order valence-corrected chi connectivity index (χ3v) is 2.75. The maximum Gasteiger partial charge on any atom is 0.0682 e. The molecule has 0 amide bonds. The minimum atomic E-state index is -0.878. The summed E-state index contributed by atoms with van der Waals surface area (Å²) in [7, 11) is -0.878. The molecule has 0 radical (unpaired) electrons. The van der Waals surface area contributed by atoms with Gasteiger partial charge in [-0.3, -0.25) is 0 Å². The number of allylic oxidation sites excluding steroid dienone is 1. The van der Waals surface area contributed by atoms with Gasteiger partial charge in [-0.05, 0) is 6.42 Å². The maximum atomic E-state index is 2.41. The van der Waals surface area contributed by atoms with Gasteiger partial charge in [0.15, 0.2) is 0 Å². The van der Waals surface area contributed by atoms with Crippen LogP contribution in [0.4, 0.5) is 0 Å². The Morgan fingerprint density at radius 2 is 1.89 bits per heavy atom. The molecule has 0 rings (SSSR count). The predicted octanol–water partition coefficient (Wildman–Crippen LogP) is 3.25. The first-order chi connectivity index (χ1) is 4.06. The van der Waals surface area contributed by atoms with E-state index in [4.69, 9.17) is 0 Å². The fraction of sp³-hybridized carbons (Fsp3) is 0.714. The average Bonchev–Trinajstić information content (AvgIpc) is 1.63. The van der Waals surface area contributed by atoms with Gasteiger partial charge in [-0.15, -0.1) is 0 Å². The Morgan fingerprint density at radius 1 is 1.33 bits per heavy atom. The monoisotopic (exact) mass is 254 g/mol. The van der Waals surface area contributed by atoms with Gasteiger partial charge in [0, 0.05) is 4.43 Å². The molecule has 2 heteroatoms. The van der Waals surface area contributed by atoms with Crippen molar-refractivity contribution in [2.24, 2.45) is 0 Å². The fourth-order valence-corrected chi connectivity index (χ4v) is 1.73. The van der Waals surface area contributed by atoms with E-state index >= 15 is 0 Å². The maximum absolute atomic E-state index is 2.41. The Labute approximate surface area is 72.9 Å². The summed E-state index contributed by atoms with van der Waals surface area (Å²) in [5.74, 6) is 0. The van der Waals surface area contributed by atoms with Crippen molar-refractivity contribution in [1.82, 2.24) is 0 Å². The fourth-order valence-electron chi connectivity index (χ4n) is 0.500. The molecule has 54 valence electrons. The molecule has 0 aromatic carbocycles. The van der Waals surface area contributed by atoms with Crippen molar-refractivity contribution in [2.75, 3.05) is 4.43 Å². The molecule has 0 N–H and O–H groups in total. The van der Waals surface area contributed by atoms with Crippen LogP contribution in [0.25, 0.3) is 0 Å². The first-order valence-electron chi connectivity index (χ1n) is 3.30. The average molecular weight is 254 g/mol. The summed E-state index contributed by atoms with van der Waals surface area (Å²) in [5, 5.41) is 0. The van der Waals surface area contributed by atoms with E-state index in [9.17, 15) is 0 Å². The van der Waals surface area contributed by atoms with Crippen molar-refractivity contribution >= 4 is 30.7 Å². The normalized spacial score (nSPS) is 12.9. The molecule has 0 saturated heterocycles. The Hall–Kier alpha value is 0.687. The van der Waals surface area contributed by atoms with E-state index in [2.05, 4.69) is 54.0 Å². The number of halogens is 1. The summed E-state index contributed by atoms with van der Waals surface area (Å²) in [6, 6.07) is 0. The van der Waals surface area contributed by atoms with Crippen LogP contribution in [0.15, 0.2) is 11.8 Å². The van der Waals surface area contributed by atoms with Crippen LogP contribution in [0, 0.1) is 0 Å². The molecule has 0 aliphatic heterocycles. The van der Waals surface area contributed by atoms with Crippen LogP contribution in [0.2, 0.25) is 19.6 Å². The molecule has 0 bridgehead atoms. The van der Waals surface area contributed by atoms with Crippen molar-refractivity contribution in [3.05, 3.63) is 11.8 Å². The predicted molar refractivity (Wildman–Crippen MR) is 56.0 cm³/mol. The highest BCUT2D eigenvalue weighted by Gasteiger charge is 2.05. The molecule has 0 fully saturated rings. The minimum Gasteiger partial charge on any atom is -0.0989 e. The van der Waals surface area contributed by atoms with Crippen molar-refractivity contribution in [2.45, 2.75) is 26.1 Å². The van der Waals surface area contributed by atoms with Crippen LogP contribution in [0.1, 0.15) is 6.42 Å². The van der Waals surface area contributed by atoms with Crippen LogP contribution < -0.4 is 0 Å². The number of hydrogen-bond acceptors (Lipinski definition) is 0. The Kier molecular flexibility index (Phi) is 4.84. The number of hydrogen-bond donors (Lipinski definition) is 0. The van der Waals surface area contributed by atoms with Gasteiger partial charge in [-0.25, -0.2) is 0 Å². The molecule has 0 nitrogen and oxygen atoms in total. The molecular formula is C7H15ISi. The highest BCUT2D eigenvalue weighted by molar-refractivity contribution is 14.1. The quantitative estimate of drug-likeness (QED) is 0.412. The van der Waals surface area contributed by atoms with E-state index in [1.165, 1.54) is 10.8 Å². The number of rotatable bonds is 3. The molecular weight excluding hydrogens is 239 g/mol. The molecule has 0 unspecified atom stereocenters. The smallest absolute Gasteiger partial charge is 0.0682 e. The Balaban J connectivity index is 3.45. The molecule has 0 spiro atoms. The van der Waals surface area contributed by atoms with Crippen LogP contribution in [-0.4, -0.2) is 12.5 Å². The van der Waals surface area contributed by atoms with Crippen LogP contribution >= 0.6 is 22.6 Å². The molecule has 0 aromatic rings. The molecule has 0 atom stereocenters. The summed E-state index contributed by atoms with van der Waals surface area (Å²) in [5.41, 5.74) is 2.41. The van der Waals surface area contributed by atoms with Crippen LogP contribution in [0.5, 0.6) is 0 Å². The first kappa shape index (κ1) is 9.69.